The van der Waals surface area contributed by atoms with Gasteiger partial charge in [0.15, 0.2) is 0 Å². The maximum absolute atomic E-state index is 12.3. The van der Waals surface area contributed by atoms with Crippen molar-refractivity contribution in [2.24, 2.45) is 22.7 Å². The Labute approximate surface area is 155 Å². The van der Waals surface area contributed by atoms with Gasteiger partial charge in [0.2, 0.25) is 0 Å². The highest BCUT2D eigenvalue weighted by Gasteiger charge is 2.63. The minimum atomic E-state index is -0.984. The van der Waals surface area contributed by atoms with E-state index in [4.69, 9.17) is 4.74 Å². The van der Waals surface area contributed by atoms with E-state index in [0.29, 0.717) is 25.7 Å². The first-order valence-corrected chi connectivity index (χ1v) is 10.1. The van der Waals surface area contributed by atoms with Crippen LogP contribution in [0.25, 0.3) is 0 Å². The third-order valence-corrected chi connectivity index (χ3v) is 8.57. The van der Waals surface area contributed by atoms with Gasteiger partial charge in [0.25, 0.3) is 0 Å². The standard InChI is InChI=1S/C21H32O5/c1-19-8-7-16-14(15(19)3-4-17(19)18(24)26-2)6-10-21(25)11-13(23)5-9-20(16,21)12-22/h13,16-17,22-23,25H,3-12H2,1-2H3/t13-,16+,17+,19-,20+,21+/m1/s1. The number of aliphatic hydroxyl groups excluding tert-OH is 2. The Balaban J connectivity index is 1.76. The molecule has 4 aliphatic carbocycles. The molecule has 4 rings (SSSR count). The lowest BCUT2D eigenvalue weighted by Crippen LogP contribution is -2.62. The van der Waals surface area contributed by atoms with Crippen molar-refractivity contribution in [3.05, 3.63) is 11.1 Å². The SMILES string of the molecule is COC(=O)[C@@H]1CCC2=C3CC[C@]4(O)C[C@H](O)CC[C@]4(CO)[C@H]3CC[C@]21C. The van der Waals surface area contributed by atoms with E-state index in [-0.39, 0.29) is 29.8 Å². The summed E-state index contributed by atoms with van der Waals surface area (Å²) in [6, 6.07) is 0. The Morgan fingerprint density at radius 1 is 1.19 bits per heavy atom. The van der Waals surface area contributed by atoms with E-state index < -0.39 is 17.1 Å². The van der Waals surface area contributed by atoms with Gasteiger partial charge in [0, 0.05) is 17.3 Å². The Morgan fingerprint density at radius 2 is 1.96 bits per heavy atom. The van der Waals surface area contributed by atoms with Crippen molar-refractivity contribution in [2.45, 2.75) is 76.4 Å². The minimum Gasteiger partial charge on any atom is -0.469 e. The predicted octanol–water partition coefficient (Wildman–Crippen LogP) is 2.33. The van der Waals surface area contributed by atoms with E-state index in [1.807, 2.05) is 0 Å². The molecular weight excluding hydrogens is 332 g/mol. The Hall–Kier alpha value is -0.910. The number of fused-ring (bicyclic) bond motifs is 4. The van der Waals surface area contributed by atoms with Gasteiger partial charge in [-0.1, -0.05) is 18.1 Å². The fourth-order valence-electron chi connectivity index (χ4n) is 7.12. The number of rotatable bonds is 2. The third kappa shape index (κ3) is 2.23. The molecule has 4 aliphatic rings. The van der Waals surface area contributed by atoms with Crippen molar-refractivity contribution in [2.75, 3.05) is 13.7 Å². The zero-order chi connectivity index (χ0) is 18.7. The summed E-state index contributed by atoms with van der Waals surface area (Å²) in [6.07, 6.45) is 6.16. The molecule has 5 nitrogen and oxygen atoms in total. The molecule has 0 aromatic rings. The lowest BCUT2D eigenvalue weighted by molar-refractivity contribution is -0.199. The van der Waals surface area contributed by atoms with Crippen LogP contribution in [0.4, 0.5) is 0 Å². The predicted molar refractivity (Wildman–Crippen MR) is 96.2 cm³/mol. The van der Waals surface area contributed by atoms with Crippen LogP contribution in [0.5, 0.6) is 0 Å². The fraction of sp³-hybridized carbons (Fsp3) is 0.857. The van der Waals surface area contributed by atoms with Gasteiger partial charge < -0.3 is 20.1 Å². The van der Waals surface area contributed by atoms with Gasteiger partial charge >= 0.3 is 5.97 Å². The zero-order valence-corrected chi connectivity index (χ0v) is 16.0. The lowest BCUT2D eigenvalue weighted by atomic mass is 9.46. The van der Waals surface area contributed by atoms with E-state index in [1.165, 1.54) is 18.3 Å². The average molecular weight is 364 g/mol. The lowest BCUT2D eigenvalue weighted by Gasteiger charge is -2.61. The summed E-state index contributed by atoms with van der Waals surface area (Å²) < 4.78 is 5.07. The summed E-state index contributed by atoms with van der Waals surface area (Å²) in [7, 11) is 1.47. The summed E-state index contributed by atoms with van der Waals surface area (Å²) in [6.45, 7) is 2.17. The van der Waals surface area contributed by atoms with Gasteiger partial charge in [-0.05, 0) is 57.3 Å². The number of hydrogen-bond acceptors (Lipinski definition) is 5. The van der Waals surface area contributed by atoms with E-state index in [0.717, 1.165) is 32.1 Å². The van der Waals surface area contributed by atoms with Gasteiger partial charge in [-0.2, -0.15) is 0 Å². The van der Waals surface area contributed by atoms with Crippen molar-refractivity contribution in [1.82, 2.24) is 0 Å². The number of methoxy groups -OCH3 is 1. The molecule has 0 bridgehead atoms. The summed E-state index contributed by atoms with van der Waals surface area (Å²) >= 11 is 0. The fourth-order valence-corrected chi connectivity index (χ4v) is 7.12. The number of allylic oxidation sites excluding steroid dienone is 2. The van der Waals surface area contributed by atoms with E-state index in [9.17, 15) is 20.1 Å². The average Bonchev–Trinajstić information content (AvgIpc) is 2.97. The van der Waals surface area contributed by atoms with Crippen LogP contribution in [0, 0.1) is 22.7 Å². The van der Waals surface area contributed by atoms with Gasteiger partial charge in [-0.3, -0.25) is 4.79 Å². The molecule has 3 fully saturated rings. The Bertz CT molecular complexity index is 642. The van der Waals surface area contributed by atoms with Crippen LogP contribution in [0.1, 0.15) is 64.7 Å². The van der Waals surface area contributed by atoms with Crippen LogP contribution in [0.15, 0.2) is 11.1 Å². The molecule has 3 saturated carbocycles. The summed E-state index contributed by atoms with van der Waals surface area (Å²) in [5.41, 5.74) is 1.12. The molecule has 0 aliphatic heterocycles. The topological polar surface area (TPSA) is 87.0 Å². The van der Waals surface area contributed by atoms with Crippen LogP contribution in [0.3, 0.4) is 0 Å². The van der Waals surface area contributed by atoms with Gasteiger partial charge in [-0.25, -0.2) is 0 Å². The second-order valence-corrected chi connectivity index (χ2v) is 9.37. The van der Waals surface area contributed by atoms with Crippen LogP contribution in [-0.2, 0) is 9.53 Å². The second-order valence-electron chi connectivity index (χ2n) is 9.37. The van der Waals surface area contributed by atoms with E-state index in [1.54, 1.807) is 0 Å². The van der Waals surface area contributed by atoms with Gasteiger partial charge in [0.05, 0.1) is 31.3 Å². The van der Waals surface area contributed by atoms with Crippen molar-refractivity contribution in [3.63, 3.8) is 0 Å². The highest BCUT2D eigenvalue weighted by molar-refractivity contribution is 5.75. The molecule has 0 amide bonds. The number of aliphatic hydroxyl groups is 3. The number of ether oxygens (including phenoxy) is 1. The van der Waals surface area contributed by atoms with E-state index in [2.05, 4.69) is 6.92 Å². The summed E-state index contributed by atoms with van der Waals surface area (Å²) in [4.78, 5) is 12.3. The first-order valence-electron chi connectivity index (χ1n) is 10.1. The molecule has 6 atom stereocenters. The molecule has 0 aromatic heterocycles. The largest absolute Gasteiger partial charge is 0.469 e. The maximum atomic E-state index is 12.3. The molecule has 0 aromatic carbocycles. The minimum absolute atomic E-state index is 0.0329. The highest BCUT2D eigenvalue weighted by atomic mass is 16.5. The van der Waals surface area contributed by atoms with Gasteiger partial charge in [-0.15, -0.1) is 0 Å². The number of hydrogen-bond donors (Lipinski definition) is 3. The van der Waals surface area contributed by atoms with Crippen LogP contribution < -0.4 is 0 Å². The van der Waals surface area contributed by atoms with Crippen LogP contribution >= 0.6 is 0 Å². The molecule has 5 heteroatoms. The second kappa shape index (κ2) is 6.05. The number of carbonyl (C=O) groups excluding carboxylic acids is 1. The molecule has 26 heavy (non-hydrogen) atoms. The molecule has 0 radical (unpaired) electrons. The maximum Gasteiger partial charge on any atom is 0.309 e. The van der Waals surface area contributed by atoms with E-state index >= 15 is 0 Å². The molecule has 0 spiro atoms. The quantitative estimate of drug-likeness (QED) is 0.517. The zero-order valence-electron chi connectivity index (χ0n) is 16.0. The van der Waals surface area contributed by atoms with Crippen molar-refractivity contribution < 1.29 is 24.9 Å². The van der Waals surface area contributed by atoms with Crippen molar-refractivity contribution in [1.29, 1.82) is 0 Å². The Morgan fingerprint density at radius 3 is 2.65 bits per heavy atom. The molecular formula is C21H32O5. The highest BCUT2D eigenvalue weighted by Crippen LogP contribution is 2.65. The smallest absolute Gasteiger partial charge is 0.309 e. The molecule has 0 saturated heterocycles. The van der Waals surface area contributed by atoms with Crippen LogP contribution in [0.2, 0.25) is 0 Å². The molecule has 0 unspecified atom stereocenters. The van der Waals surface area contributed by atoms with Crippen LogP contribution in [-0.4, -0.2) is 46.7 Å². The first-order chi connectivity index (χ1) is 12.3. The monoisotopic (exact) mass is 364 g/mol. The summed E-state index contributed by atoms with van der Waals surface area (Å²) in [5.74, 6) is -0.0141. The van der Waals surface area contributed by atoms with Gasteiger partial charge in [0.1, 0.15) is 0 Å². The Kier molecular flexibility index (Phi) is 4.29. The summed E-state index contributed by atoms with van der Waals surface area (Å²) in [5, 5.41) is 32.0. The van der Waals surface area contributed by atoms with Crippen molar-refractivity contribution in [3.8, 4) is 0 Å². The number of esters is 1. The molecule has 3 N–H and O–H groups in total. The first kappa shape index (κ1) is 18.5. The normalized spacial score (nSPS) is 47.8. The molecule has 146 valence electrons. The third-order valence-electron chi connectivity index (χ3n) is 8.57. The number of carbonyl (C=O) groups is 1. The van der Waals surface area contributed by atoms with Crippen molar-refractivity contribution >= 4 is 5.97 Å². The molecule has 0 heterocycles.